The minimum absolute atomic E-state index is 0.0435. The first-order valence-electron chi connectivity index (χ1n) is 6.18. The molecule has 2 aromatic carbocycles. The number of anilines is 2. The predicted octanol–water partition coefficient (Wildman–Crippen LogP) is 2.28. The fourth-order valence-corrected chi connectivity index (χ4v) is 2.41. The maximum atomic E-state index is 14.0. The van der Waals surface area contributed by atoms with Crippen LogP contribution in [0.4, 0.5) is 20.2 Å². The molecule has 0 saturated heterocycles. The molecule has 21 heavy (non-hydrogen) atoms. The van der Waals surface area contributed by atoms with Gasteiger partial charge in [0.2, 0.25) is 5.91 Å². The lowest BCUT2D eigenvalue weighted by Crippen LogP contribution is -2.43. The number of carbonyl (C=O) groups is 2. The first kappa shape index (κ1) is 13.2. The van der Waals surface area contributed by atoms with E-state index in [2.05, 4.69) is 0 Å². The zero-order valence-corrected chi connectivity index (χ0v) is 10.8. The lowest BCUT2D eigenvalue weighted by atomic mass is 9.98. The average Bonchev–Trinajstić information content (AvgIpc) is 2.41. The number of benzene rings is 2. The summed E-state index contributed by atoms with van der Waals surface area (Å²) in [4.78, 5) is 25.2. The van der Waals surface area contributed by atoms with Crippen molar-refractivity contribution in [2.75, 3.05) is 10.6 Å². The maximum absolute atomic E-state index is 14.0. The summed E-state index contributed by atoms with van der Waals surface area (Å²) in [7, 11) is 0. The number of nitrogen functional groups attached to an aromatic ring is 1. The summed E-state index contributed by atoms with van der Waals surface area (Å²) in [6.07, 6.45) is -0.0435. The quantitative estimate of drug-likeness (QED) is 0.647. The number of fused-ring (bicyclic) bond motifs is 1. The molecule has 0 saturated carbocycles. The van der Waals surface area contributed by atoms with Gasteiger partial charge in [0.25, 0.3) is 5.91 Å². The van der Waals surface area contributed by atoms with Crippen molar-refractivity contribution in [2.24, 2.45) is 0 Å². The zero-order chi connectivity index (χ0) is 15.1. The monoisotopic (exact) mass is 288 g/mol. The number of hydrogen-bond donors (Lipinski definition) is 1. The highest BCUT2D eigenvalue weighted by Gasteiger charge is 2.34. The number of halogens is 2. The number of amides is 2. The summed E-state index contributed by atoms with van der Waals surface area (Å²) in [5.41, 5.74) is 5.75. The number of carbonyl (C=O) groups excluding carboxylic acids is 2. The molecule has 0 aromatic heterocycles. The van der Waals surface area contributed by atoms with Gasteiger partial charge in [-0.3, -0.25) is 9.59 Å². The second-order valence-electron chi connectivity index (χ2n) is 4.69. The molecule has 2 N–H and O–H groups in total. The highest BCUT2D eigenvalue weighted by Crippen LogP contribution is 2.32. The van der Waals surface area contributed by atoms with Crippen LogP contribution < -0.4 is 10.6 Å². The molecule has 6 heteroatoms. The third-order valence-corrected chi connectivity index (χ3v) is 3.32. The lowest BCUT2D eigenvalue weighted by molar-refractivity contribution is -0.117. The summed E-state index contributed by atoms with van der Waals surface area (Å²) in [5, 5.41) is 0. The SMILES string of the molecule is Nc1cc(F)cc(F)c1N1C(=O)Cc2ccccc2C1=O. The first-order chi connectivity index (χ1) is 9.99. The van der Waals surface area contributed by atoms with E-state index in [-0.39, 0.29) is 12.1 Å². The molecule has 2 amide bonds. The van der Waals surface area contributed by atoms with Gasteiger partial charge < -0.3 is 5.73 Å². The Morgan fingerprint density at radius 3 is 2.52 bits per heavy atom. The molecule has 0 unspecified atom stereocenters. The van der Waals surface area contributed by atoms with Crippen LogP contribution in [0.1, 0.15) is 15.9 Å². The molecule has 0 aliphatic carbocycles. The van der Waals surface area contributed by atoms with E-state index in [1.807, 2.05) is 0 Å². The van der Waals surface area contributed by atoms with Gasteiger partial charge in [0.1, 0.15) is 11.5 Å². The summed E-state index contributed by atoms with van der Waals surface area (Å²) < 4.78 is 27.1. The highest BCUT2D eigenvalue weighted by molar-refractivity contribution is 6.25. The molecule has 2 aromatic rings. The van der Waals surface area contributed by atoms with Crippen molar-refractivity contribution in [2.45, 2.75) is 6.42 Å². The standard InChI is InChI=1S/C15H10F2N2O2/c16-9-6-11(17)14(12(18)7-9)19-13(20)5-8-3-1-2-4-10(8)15(19)21/h1-4,6-7H,5,18H2. The van der Waals surface area contributed by atoms with Crippen molar-refractivity contribution in [1.82, 2.24) is 0 Å². The van der Waals surface area contributed by atoms with Gasteiger partial charge in [0, 0.05) is 11.6 Å². The van der Waals surface area contributed by atoms with Gasteiger partial charge in [0.15, 0.2) is 5.82 Å². The van der Waals surface area contributed by atoms with Crippen molar-refractivity contribution in [3.8, 4) is 0 Å². The van der Waals surface area contributed by atoms with Crippen LogP contribution in [0.2, 0.25) is 0 Å². The molecule has 1 heterocycles. The number of nitrogens with two attached hydrogens (primary N) is 1. The Balaban J connectivity index is 2.17. The minimum atomic E-state index is -1.05. The Bertz CT molecular complexity index is 751. The molecule has 0 radical (unpaired) electrons. The molecule has 0 atom stereocenters. The minimum Gasteiger partial charge on any atom is -0.397 e. The third kappa shape index (κ3) is 2.05. The van der Waals surface area contributed by atoms with Gasteiger partial charge in [-0.15, -0.1) is 0 Å². The molecular weight excluding hydrogens is 278 g/mol. The van der Waals surface area contributed by atoms with E-state index in [0.717, 1.165) is 6.07 Å². The van der Waals surface area contributed by atoms with Crippen molar-refractivity contribution < 1.29 is 18.4 Å². The maximum Gasteiger partial charge on any atom is 0.265 e. The number of nitrogens with zero attached hydrogens (tertiary/aromatic N) is 1. The molecule has 0 bridgehead atoms. The largest absolute Gasteiger partial charge is 0.397 e. The summed E-state index contributed by atoms with van der Waals surface area (Å²) in [6, 6.07) is 8.03. The molecule has 1 aliphatic heterocycles. The van der Waals surface area contributed by atoms with Gasteiger partial charge in [-0.1, -0.05) is 18.2 Å². The normalized spacial score (nSPS) is 14.3. The number of imide groups is 1. The Morgan fingerprint density at radius 2 is 1.81 bits per heavy atom. The van der Waals surface area contributed by atoms with Crippen LogP contribution in [0.3, 0.4) is 0 Å². The Morgan fingerprint density at radius 1 is 1.10 bits per heavy atom. The fourth-order valence-electron chi connectivity index (χ4n) is 2.41. The van der Waals surface area contributed by atoms with Gasteiger partial charge >= 0.3 is 0 Å². The van der Waals surface area contributed by atoms with Crippen LogP contribution in [-0.4, -0.2) is 11.8 Å². The van der Waals surface area contributed by atoms with Crippen LogP contribution >= 0.6 is 0 Å². The van der Waals surface area contributed by atoms with E-state index in [4.69, 9.17) is 5.73 Å². The second kappa shape index (κ2) is 4.66. The van der Waals surface area contributed by atoms with Crippen LogP contribution in [-0.2, 0) is 11.2 Å². The topological polar surface area (TPSA) is 63.4 Å². The van der Waals surface area contributed by atoms with E-state index in [1.165, 1.54) is 0 Å². The van der Waals surface area contributed by atoms with E-state index < -0.39 is 29.1 Å². The number of rotatable bonds is 1. The lowest BCUT2D eigenvalue weighted by Gasteiger charge is -2.27. The number of hydrogen-bond acceptors (Lipinski definition) is 3. The smallest absolute Gasteiger partial charge is 0.265 e. The van der Waals surface area contributed by atoms with Crippen molar-refractivity contribution in [3.63, 3.8) is 0 Å². The predicted molar refractivity (Wildman–Crippen MR) is 72.7 cm³/mol. The van der Waals surface area contributed by atoms with Crippen LogP contribution in [0, 0.1) is 11.6 Å². The summed E-state index contributed by atoms with van der Waals surface area (Å²) in [5.74, 6) is -3.19. The molecule has 106 valence electrons. The van der Waals surface area contributed by atoms with Gasteiger partial charge in [0.05, 0.1) is 12.1 Å². The molecule has 0 spiro atoms. The van der Waals surface area contributed by atoms with Crippen molar-refractivity contribution >= 4 is 23.2 Å². The fraction of sp³-hybridized carbons (Fsp3) is 0.0667. The average molecular weight is 288 g/mol. The van der Waals surface area contributed by atoms with E-state index in [0.29, 0.717) is 22.1 Å². The molecule has 3 rings (SSSR count). The molecule has 0 fully saturated rings. The molecular formula is C15H10F2N2O2. The van der Waals surface area contributed by atoms with Crippen molar-refractivity contribution in [1.29, 1.82) is 0 Å². The van der Waals surface area contributed by atoms with Gasteiger partial charge in [-0.25, -0.2) is 13.7 Å². The Labute approximate surface area is 118 Å². The van der Waals surface area contributed by atoms with E-state index in [9.17, 15) is 18.4 Å². The highest BCUT2D eigenvalue weighted by atomic mass is 19.1. The third-order valence-electron chi connectivity index (χ3n) is 3.32. The molecule has 1 aliphatic rings. The van der Waals surface area contributed by atoms with E-state index >= 15 is 0 Å². The Hall–Kier alpha value is -2.76. The van der Waals surface area contributed by atoms with Crippen molar-refractivity contribution in [3.05, 3.63) is 59.2 Å². The van der Waals surface area contributed by atoms with Crippen LogP contribution in [0.5, 0.6) is 0 Å². The van der Waals surface area contributed by atoms with Crippen LogP contribution in [0.25, 0.3) is 0 Å². The molecule has 4 nitrogen and oxygen atoms in total. The summed E-state index contributed by atoms with van der Waals surface area (Å²) in [6.45, 7) is 0. The van der Waals surface area contributed by atoms with Crippen LogP contribution in [0.15, 0.2) is 36.4 Å². The van der Waals surface area contributed by atoms with Gasteiger partial charge in [-0.2, -0.15) is 0 Å². The van der Waals surface area contributed by atoms with Gasteiger partial charge in [-0.05, 0) is 17.7 Å². The Kier molecular flexibility index (Phi) is 2.94. The summed E-state index contributed by atoms with van der Waals surface area (Å²) >= 11 is 0. The van der Waals surface area contributed by atoms with E-state index in [1.54, 1.807) is 24.3 Å². The second-order valence-corrected chi connectivity index (χ2v) is 4.69. The first-order valence-corrected chi connectivity index (χ1v) is 6.18. The zero-order valence-electron chi connectivity index (χ0n) is 10.8.